The molecule has 0 aliphatic rings. The molecule has 0 bridgehead atoms. The van der Waals surface area contributed by atoms with E-state index in [-0.39, 0.29) is 0 Å². The van der Waals surface area contributed by atoms with Crippen LogP contribution < -0.4 is 0 Å². The van der Waals surface area contributed by atoms with Crippen LogP contribution in [-0.2, 0) is 9.09 Å². The first-order valence-corrected chi connectivity index (χ1v) is 13.3. The van der Waals surface area contributed by atoms with Gasteiger partial charge in [-0.3, -0.25) is 4.52 Å². The smallest absolute Gasteiger partial charge is 0.303 e. The van der Waals surface area contributed by atoms with Gasteiger partial charge in [-0.05, 0) is 6.42 Å². The number of phosphoric ester groups is 1. The van der Waals surface area contributed by atoms with Gasteiger partial charge in [-0.2, -0.15) is 136 Å². The molecule has 0 saturated heterocycles. The maximum atomic E-state index is 13.9. The molecule has 0 aromatic carbocycles. The van der Waals surface area contributed by atoms with E-state index in [1.807, 2.05) is 0 Å². The molecule has 0 spiro atoms. The van der Waals surface area contributed by atoms with Gasteiger partial charge in [0.05, 0.1) is 6.61 Å². The van der Waals surface area contributed by atoms with Gasteiger partial charge in [-0.1, -0.05) is 0 Å². The van der Waals surface area contributed by atoms with Crippen LogP contribution in [0.3, 0.4) is 0 Å². The summed E-state index contributed by atoms with van der Waals surface area (Å²) in [5, 5.41) is 0. The van der Waals surface area contributed by atoms with E-state index in [1.165, 1.54) is 0 Å². The van der Waals surface area contributed by atoms with Gasteiger partial charge in [0.25, 0.3) is 0 Å². The van der Waals surface area contributed by atoms with Gasteiger partial charge < -0.3 is 9.79 Å². The minimum atomic E-state index is -10.1. The average molecular weight is 908 g/mol. The van der Waals surface area contributed by atoms with Gasteiger partial charge in [0.15, 0.2) is 0 Å². The highest BCUT2D eigenvalue weighted by Crippen LogP contribution is 2.69. The molecule has 0 radical (unpaired) electrons. The van der Waals surface area contributed by atoms with Crippen LogP contribution in [0.5, 0.6) is 0 Å². The van der Waals surface area contributed by atoms with Crippen LogP contribution in [-0.4, -0.2) is 105 Å². The SMILES string of the molecule is O=P(O)(O)OCCCC(F)(F)C(F)(F)C(F)(F)C(F)(F)C(F)(F)C(F)(F)C(F)(F)C(F)(F)C(F)(F)C(F)(F)C(F)(F)C(F)(F)C(F)(F)C(F)(F)C(F)(F)F. The summed E-state index contributed by atoms with van der Waals surface area (Å²) in [6.45, 7) is -2.00. The third kappa shape index (κ3) is 6.77. The van der Waals surface area contributed by atoms with Crippen molar-refractivity contribution < 1.29 is 155 Å². The van der Waals surface area contributed by atoms with Gasteiger partial charge in [0.2, 0.25) is 0 Å². The number of rotatable bonds is 18. The lowest BCUT2D eigenvalue weighted by molar-refractivity contribution is -0.489. The van der Waals surface area contributed by atoms with Gasteiger partial charge >= 0.3 is 96.9 Å². The van der Waals surface area contributed by atoms with Crippen molar-refractivity contribution in [1.29, 1.82) is 0 Å². The molecular weight excluding hydrogens is 900 g/mol. The van der Waals surface area contributed by atoms with E-state index in [2.05, 4.69) is 4.52 Å². The molecule has 0 aromatic heterocycles. The lowest BCUT2D eigenvalue weighted by Crippen LogP contribution is -2.79. The van der Waals surface area contributed by atoms with E-state index in [1.54, 1.807) is 0 Å². The third-order valence-corrected chi connectivity index (χ3v) is 6.96. The average Bonchev–Trinajstić information content (AvgIpc) is 2.92. The summed E-state index contributed by atoms with van der Waals surface area (Å²) in [7, 11) is -5.78. The molecule has 0 amide bonds. The fourth-order valence-electron chi connectivity index (χ4n) is 3.21. The Morgan fingerprint density at radius 2 is 0.519 bits per heavy atom. The summed E-state index contributed by atoms with van der Waals surface area (Å²) >= 11 is 0. The zero-order chi connectivity index (χ0) is 44.8. The summed E-state index contributed by atoms with van der Waals surface area (Å²) in [4.78, 5) is 16.4. The maximum absolute atomic E-state index is 13.9. The van der Waals surface area contributed by atoms with Crippen LogP contribution in [0, 0.1) is 0 Å². The molecule has 0 rings (SSSR count). The predicted octanol–water partition coefficient (Wildman–Crippen LogP) is 10.3. The highest BCUT2D eigenvalue weighted by molar-refractivity contribution is 7.46. The highest BCUT2D eigenvalue weighted by Gasteiger charge is 3.01. The second-order valence-corrected chi connectivity index (χ2v) is 11.3. The molecule has 4 nitrogen and oxygen atoms in total. The van der Waals surface area contributed by atoms with Crippen molar-refractivity contribution in [3.63, 3.8) is 0 Å². The Bertz CT molecular complexity index is 1390. The molecule has 0 unspecified atom stereocenters. The Morgan fingerprint density at radius 3 is 0.704 bits per heavy atom. The van der Waals surface area contributed by atoms with E-state index in [0.29, 0.717) is 0 Å². The second kappa shape index (κ2) is 13.2. The Balaban J connectivity index is 7.43. The minimum absolute atomic E-state index is 2.00. The number of hydrogen-bond donors (Lipinski definition) is 2. The van der Waals surface area contributed by atoms with Crippen molar-refractivity contribution >= 4 is 7.82 Å². The minimum Gasteiger partial charge on any atom is -0.303 e. The third-order valence-electron chi connectivity index (χ3n) is 6.44. The standard InChI is InChI=1S/C18H8F31O4P/c19-4(20,2-1-3-53-54(50,51)52)5(21,22)6(23,24)7(25,26)8(27,28)9(29,30)10(31,32)11(33,34)12(35,36)13(37,38)14(39,40)15(41,42)16(43,44)17(45,46)18(47,48)49/h1-3H2,(H2,50,51,52). The lowest BCUT2D eigenvalue weighted by Gasteiger charge is -2.46. The molecule has 36 heteroatoms. The summed E-state index contributed by atoms with van der Waals surface area (Å²) in [6.07, 6.45) is -13.8. The fraction of sp³-hybridized carbons (Fsp3) is 1.00. The van der Waals surface area contributed by atoms with Gasteiger partial charge in [-0.15, -0.1) is 0 Å². The largest absolute Gasteiger partial charge is 0.469 e. The van der Waals surface area contributed by atoms with Gasteiger partial charge in [-0.25, -0.2) is 4.57 Å². The highest BCUT2D eigenvalue weighted by atomic mass is 31.2. The van der Waals surface area contributed by atoms with Crippen LogP contribution in [0.4, 0.5) is 136 Å². The molecular formula is C18H8F31O4P. The molecule has 326 valence electrons. The molecule has 0 aliphatic carbocycles. The van der Waals surface area contributed by atoms with Crippen molar-refractivity contribution in [3.8, 4) is 0 Å². The summed E-state index contributed by atoms with van der Waals surface area (Å²) in [5.74, 6) is -132. The zero-order valence-corrected chi connectivity index (χ0v) is 24.4. The zero-order valence-electron chi connectivity index (χ0n) is 23.5. The molecule has 2 N–H and O–H groups in total. The number of halogens is 31. The quantitative estimate of drug-likeness (QED) is 0.0817. The summed E-state index contributed by atoms with van der Waals surface area (Å²) in [6, 6.07) is 0. The molecule has 54 heavy (non-hydrogen) atoms. The van der Waals surface area contributed by atoms with Crippen LogP contribution >= 0.6 is 7.82 Å². The normalized spacial score (nSPS) is 17.0. The lowest BCUT2D eigenvalue weighted by atomic mass is 9.83. The number of hydrogen-bond acceptors (Lipinski definition) is 2. The molecule has 0 aromatic rings. The molecule has 0 heterocycles. The first-order chi connectivity index (χ1) is 22.7. The number of alkyl halides is 31. The first-order valence-electron chi connectivity index (χ1n) is 11.8. The monoisotopic (exact) mass is 908 g/mol. The topological polar surface area (TPSA) is 66.8 Å². The van der Waals surface area contributed by atoms with Gasteiger partial charge in [0, 0.05) is 6.42 Å². The van der Waals surface area contributed by atoms with E-state index < -0.39 is 116 Å². The fourth-order valence-corrected chi connectivity index (χ4v) is 3.58. The summed E-state index contributed by atoms with van der Waals surface area (Å²) < 4.78 is 432. The van der Waals surface area contributed by atoms with E-state index >= 15 is 0 Å². The Kier molecular flexibility index (Phi) is 12.7. The molecule has 0 fully saturated rings. The molecule has 0 saturated carbocycles. The van der Waals surface area contributed by atoms with Crippen molar-refractivity contribution in [2.75, 3.05) is 6.61 Å². The van der Waals surface area contributed by atoms with Crippen molar-refractivity contribution in [3.05, 3.63) is 0 Å². The first kappa shape index (κ1) is 51.9. The Morgan fingerprint density at radius 1 is 0.333 bits per heavy atom. The van der Waals surface area contributed by atoms with Crippen molar-refractivity contribution in [1.82, 2.24) is 0 Å². The maximum Gasteiger partial charge on any atom is 0.469 e. The van der Waals surface area contributed by atoms with Crippen molar-refractivity contribution in [2.45, 2.75) is 102 Å². The van der Waals surface area contributed by atoms with E-state index in [4.69, 9.17) is 9.79 Å². The van der Waals surface area contributed by atoms with E-state index in [9.17, 15) is 141 Å². The second-order valence-electron chi connectivity index (χ2n) is 10.1. The summed E-state index contributed by atoms with van der Waals surface area (Å²) in [5.41, 5.74) is 0. The van der Waals surface area contributed by atoms with Gasteiger partial charge in [0.1, 0.15) is 0 Å². The van der Waals surface area contributed by atoms with Crippen LogP contribution in [0.1, 0.15) is 12.8 Å². The predicted molar refractivity (Wildman–Crippen MR) is 103 cm³/mol. The Hall–Kier alpha value is -2.06. The molecule has 0 aliphatic heterocycles. The van der Waals surface area contributed by atoms with E-state index in [0.717, 1.165) is 0 Å². The van der Waals surface area contributed by atoms with Crippen LogP contribution in [0.2, 0.25) is 0 Å². The number of phosphoric acid groups is 1. The van der Waals surface area contributed by atoms with Crippen LogP contribution in [0.15, 0.2) is 0 Å². The molecule has 0 atom stereocenters. The van der Waals surface area contributed by atoms with Crippen molar-refractivity contribution in [2.24, 2.45) is 0 Å². The Labute approximate surface area is 272 Å². The van der Waals surface area contributed by atoms with Crippen LogP contribution in [0.25, 0.3) is 0 Å².